The molecule has 1 saturated carbocycles. The molecule has 0 spiro atoms. The lowest BCUT2D eigenvalue weighted by Gasteiger charge is -2.30. The van der Waals surface area contributed by atoms with Crippen molar-refractivity contribution in [1.29, 1.82) is 0 Å². The van der Waals surface area contributed by atoms with Gasteiger partial charge in [-0.25, -0.2) is 0 Å². The summed E-state index contributed by atoms with van der Waals surface area (Å²) in [6.07, 6.45) is 10.4. The lowest BCUT2D eigenvalue weighted by molar-refractivity contribution is 0.332. The molecular formula is C10H19BrMg. The molecular weight excluding hydrogens is 224 g/mol. The Morgan fingerprint density at radius 3 is 2.75 bits per heavy atom. The second-order valence-corrected chi connectivity index (χ2v) is 7.40. The highest BCUT2D eigenvalue weighted by Crippen LogP contribution is 2.37. The summed E-state index contributed by atoms with van der Waals surface area (Å²) in [6.45, 7) is 2.31. The van der Waals surface area contributed by atoms with Crippen LogP contribution in [0.5, 0.6) is 0 Å². The number of rotatable bonds is 4. The fraction of sp³-hybridized carbons (Fsp3) is 1.00. The number of unbranched alkanes of at least 4 members (excludes halogenated alkanes) is 1. The molecule has 0 nitrogen and oxygen atoms in total. The van der Waals surface area contributed by atoms with Crippen LogP contribution in [0, 0.1) is 5.92 Å². The molecule has 0 amide bonds. The van der Waals surface area contributed by atoms with E-state index in [0.29, 0.717) is 0 Å². The first-order valence-electron chi connectivity index (χ1n) is 5.44. The molecule has 2 heteroatoms. The molecule has 0 radical (unpaired) electrons. The first-order valence-corrected chi connectivity index (χ1v) is 10.2. The SMILES string of the molecule is CCCCC1CCCC[CH]1[Mg][Br]. The molecule has 0 N–H and O–H groups in total. The molecule has 1 aliphatic carbocycles. The van der Waals surface area contributed by atoms with Crippen LogP contribution in [0.1, 0.15) is 51.9 Å². The average Bonchev–Trinajstić information content (AvgIpc) is 2.15. The quantitative estimate of drug-likeness (QED) is 0.650. The van der Waals surface area contributed by atoms with Crippen molar-refractivity contribution < 1.29 is 0 Å². The van der Waals surface area contributed by atoms with Crippen LogP contribution in [-0.2, 0) is 0 Å². The minimum Gasteiger partial charge on any atom is -0.306 e. The Hall–Kier alpha value is 1.25. The molecule has 0 aromatic rings. The van der Waals surface area contributed by atoms with Gasteiger partial charge in [0.05, 0.1) is 0 Å². The van der Waals surface area contributed by atoms with E-state index in [4.69, 9.17) is 0 Å². The molecule has 12 heavy (non-hydrogen) atoms. The maximum Gasteiger partial charge on any atom is 0.472 e. The van der Waals surface area contributed by atoms with Crippen LogP contribution in [-0.4, -0.2) is 18.2 Å². The van der Waals surface area contributed by atoms with Gasteiger partial charge < -0.3 is 12.9 Å². The molecule has 0 aliphatic heterocycles. The monoisotopic (exact) mass is 242 g/mol. The zero-order valence-corrected chi connectivity index (χ0v) is 11.2. The van der Waals surface area contributed by atoms with Crippen molar-refractivity contribution in [2.75, 3.05) is 0 Å². The molecule has 1 rings (SSSR count). The van der Waals surface area contributed by atoms with Gasteiger partial charge in [0.15, 0.2) is 0 Å². The maximum absolute atomic E-state index is 3.78. The molecule has 0 aromatic heterocycles. The van der Waals surface area contributed by atoms with Crippen molar-refractivity contribution in [3.8, 4) is 0 Å². The molecule has 0 aromatic carbocycles. The largest absolute Gasteiger partial charge is 0.472 e. The molecule has 2 atom stereocenters. The Labute approximate surface area is 92.5 Å². The zero-order valence-electron chi connectivity index (χ0n) is 8.19. The topological polar surface area (TPSA) is 0 Å². The predicted molar refractivity (Wildman–Crippen MR) is 59.9 cm³/mol. The zero-order chi connectivity index (χ0) is 8.81. The Bertz CT molecular complexity index is 116. The maximum atomic E-state index is 3.78. The van der Waals surface area contributed by atoms with Crippen molar-refractivity contribution in [3.63, 3.8) is 0 Å². The van der Waals surface area contributed by atoms with E-state index in [1.165, 1.54) is 44.9 Å². The van der Waals surface area contributed by atoms with Gasteiger partial charge >= 0.3 is 18.2 Å². The third-order valence-corrected chi connectivity index (χ3v) is 7.16. The summed E-state index contributed by atoms with van der Waals surface area (Å²) in [5.41, 5.74) is 0. The lowest BCUT2D eigenvalue weighted by Crippen LogP contribution is -2.17. The fourth-order valence-corrected chi connectivity index (χ4v) is 6.06. The summed E-state index contributed by atoms with van der Waals surface area (Å²) in [5.74, 6) is 1.10. The summed E-state index contributed by atoms with van der Waals surface area (Å²) in [7, 11) is 0. The van der Waals surface area contributed by atoms with Gasteiger partial charge in [-0.1, -0.05) is 57.8 Å². The predicted octanol–water partition coefficient (Wildman–Crippen LogP) is 4.17. The van der Waals surface area contributed by atoms with Gasteiger partial charge in [0.2, 0.25) is 0 Å². The second kappa shape index (κ2) is 6.66. The fourth-order valence-electron chi connectivity index (χ4n) is 2.33. The van der Waals surface area contributed by atoms with E-state index in [9.17, 15) is 0 Å². The summed E-state index contributed by atoms with van der Waals surface area (Å²) in [5, 5.41) is 0. The summed E-state index contributed by atoms with van der Waals surface area (Å²) < 4.78 is 1.13. The Morgan fingerprint density at radius 1 is 1.33 bits per heavy atom. The van der Waals surface area contributed by atoms with E-state index in [1.54, 1.807) is 0 Å². The molecule has 0 heterocycles. The second-order valence-electron chi connectivity index (χ2n) is 4.10. The van der Waals surface area contributed by atoms with Gasteiger partial charge in [-0.2, -0.15) is 0 Å². The van der Waals surface area contributed by atoms with Gasteiger partial charge in [0, 0.05) is 0 Å². The molecule has 0 bridgehead atoms. The smallest absolute Gasteiger partial charge is 0.306 e. The Morgan fingerprint density at radius 2 is 2.08 bits per heavy atom. The van der Waals surface area contributed by atoms with Gasteiger partial charge in [-0.15, -0.1) is 4.05 Å². The molecule has 0 saturated heterocycles. The van der Waals surface area contributed by atoms with E-state index < -0.39 is 0 Å². The highest BCUT2D eigenvalue weighted by atomic mass is 79.9. The summed E-state index contributed by atoms with van der Waals surface area (Å²) in [4.78, 5) is 0. The number of hydrogen-bond donors (Lipinski definition) is 0. The minimum atomic E-state index is 0.105. The summed E-state index contributed by atoms with van der Waals surface area (Å²) >= 11 is 3.89. The first-order chi connectivity index (χ1) is 5.88. The normalized spacial score (nSPS) is 29.8. The highest BCUT2D eigenvalue weighted by Gasteiger charge is 2.24. The molecule has 68 valence electrons. The average molecular weight is 243 g/mol. The van der Waals surface area contributed by atoms with Crippen molar-refractivity contribution in [2.24, 2.45) is 5.92 Å². The van der Waals surface area contributed by atoms with E-state index in [2.05, 4.69) is 19.8 Å². The number of halogens is 1. The van der Waals surface area contributed by atoms with Crippen LogP contribution in [0.25, 0.3) is 0 Å². The van der Waals surface area contributed by atoms with Gasteiger partial charge in [-0.3, -0.25) is 0 Å². The van der Waals surface area contributed by atoms with Crippen molar-refractivity contribution >= 4 is 31.1 Å². The highest BCUT2D eigenvalue weighted by molar-refractivity contribution is 9.23. The number of hydrogen-bond acceptors (Lipinski definition) is 0. The molecule has 1 aliphatic rings. The summed E-state index contributed by atoms with van der Waals surface area (Å²) in [6, 6.07) is 0. The van der Waals surface area contributed by atoms with Gasteiger partial charge in [-0.05, 0) is 0 Å². The van der Waals surface area contributed by atoms with E-state index in [0.717, 1.165) is 9.97 Å². The van der Waals surface area contributed by atoms with Crippen LogP contribution in [0.15, 0.2) is 0 Å². The van der Waals surface area contributed by atoms with Crippen molar-refractivity contribution in [3.05, 3.63) is 0 Å². The van der Waals surface area contributed by atoms with E-state index in [-0.39, 0.29) is 18.2 Å². The minimum absolute atomic E-state index is 0.105. The first kappa shape index (κ1) is 11.3. The van der Waals surface area contributed by atoms with Crippen LogP contribution >= 0.6 is 12.9 Å². The van der Waals surface area contributed by atoms with Gasteiger partial charge in [0.25, 0.3) is 0 Å². The van der Waals surface area contributed by atoms with Crippen molar-refractivity contribution in [2.45, 2.75) is 55.9 Å². The standard InChI is InChI=1S/C10H19.BrH.Mg/c1-2-3-7-10-8-5-4-6-9-10;;/h8,10H,2-7,9H2,1H3;1H;/q;;+1/p-1. The van der Waals surface area contributed by atoms with E-state index in [1.807, 2.05) is 0 Å². The molecule has 1 fully saturated rings. The molecule has 2 unspecified atom stereocenters. The lowest BCUT2D eigenvalue weighted by atomic mass is 9.85. The third kappa shape index (κ3) is 3.55. The van der Waals surface area contributed by atoms with E-state index >= 15 is 0 Å². The van der Waals surface area contributed by atoms with Crippen LogP contribution in [0.2, 0.25) is 4.05 Å². The van der Waals surface area contributed by atoms with Crippen molar-refractivity contribution in [1.82, 2.24) is 0 Å². The third-order valence-electron chi connectivity index (χ3n) is 3.19. The van der Waals surface area contributed by atoms with Crippen LogP contribution < -0.4 is 0 Å². The Balaban J connectivity index is 2.26. The Kier molecular flexibility index (Phi) is 6.29. The van der Waals surface area contributed by atoms with Crippen LogP contribution in [0.3, 0.4) is 0 Å². The van der Waals surface area contributed by atoms with Gasteiger partial charge in [0.1, 0.15) is 0 Å². The van der Waals surface area contributed by atoms with Crippen LogP contribution in [0.4, 0.5) is 0 Å².